The number of aromatic hydroxyl groups is 1. The first-order chi connectivity index (χ1) is 12.8. The number of aliphatic hydroxyl groups excluding tert-OH is 1. The van der Waals surface area contributed by atoms with Crippen LogP contribution >= 0.6 is 0 Å². The van der Waals surface area contributed by atoms with E-state index in [9.17, 15) is 28.2 Å². The maximum absolute atomic E-state index is 14.1. The zero-order chi connectivity index (χ0) is 19.6. The number of aliphatic hydroxyl groups is 1. The highest BCUT2D eigenvalue weighted by Gasteiger charge is 2.39. The lowest BCUT2D eigenvalue weighted by atomic mass is 9.93. The number of halogens is 3. The first-order valence-corrected chi connectivity index (χ1v) is 8.02. The predicted octanol–water partition coefficient (Wildman–Crippen LogP) is 1.51. The Hall–Kier alpha value is -2.82. The van der Waals surface area contributed by atoms with Crippen LogP contribution in [0, 0.1) is 17.5 Å². The van der Waals surface area contributed by atoms with Gasteiger partial charge in [-0.2, -0.15) is 0 Å². The van der Waals surface area contributed by atoms with Crippen molar-refractivity contribution in [2.75, 3.05) is 11.9 Å². The summed E-state index contributed by atoms with van der Waals surface area (Å²) in [5.41, 5.74) is 4.82. The van der Waals surface area contributed by atoms with Crippen molar-refractivity contribution in [1.29, 1.82) is 0 Å². The van der Waals surface area contributed by atoms with Gasteiger partial charge >= 0.3 is 6.03 Å². The molecule has 0 bridgehead atoms. The normalized spacial score (nSPS) is 21.9. The second-order valence-electron chi connectivity index (χ2n) is 6.04. The summed E-state index contributed by atoms with van der Waals surface area (Å²) in [5.74, 6) is -3.79. The average molecular weight is 382 g/mol. The van der Waals surface area contributed by atoms with E-state index in [2.05, 4.69) is 21.5 Å². The van der Waals surface area contributed by atoms with Crippen molar-refractivity contribution in [1.82, 2.24) is 16.2 Å². The molecule has 1 heterocycles. The number of benzene rings is 2. The molecule has 2 aromatic carbocycles. The SMILES string of the molecule is O=C(NN[C@@H]1[C@@H](O)NC[C@H]1c1c(F)cc(O)cc1F)Nc1ccc(F)cc1. The Morgan fingerprint density at radius 2 is 1.74 bits per heavy atom. The van der Waals surface area contributed by atoms with Crippen LogP contribution in [0.1, 0.15) is 11.5 Å². The Balaban J connectivity index is 1.67. The van der Waals surface area contributed by atoms with E-state index >= 15 is 0 Å². The number of anilines is 1. The van der Waals surface area contributed by atoms with Gasteiger partial charge in [0, 0.05) is 35.8 Å². The van der Waals surface area contributed by atoms with Gasteiger partial charge in [0.2, 0.25) is 0 Å². The van der Waals surface area contributed by atoms with Crippen LogP contribution in [0.2, 0.25) is 0 Å². The van der Waals surface area contributed by atoms with Gasteiger partial charge in [-0.25, -0.2) is 23.4 Å². The molecule has 1 aliphatic rings. The van der Waals surface area contributed by atoms with E-state index in [-0.39, 0.29) is 12.1 Å². The summed E-state index contributed by atoms with van der Waals surface area (Å²) in [7, 11) is 0. The second-order valence-corrected chi connectivity index (χ2v) is 6.04. The highest BCUT2D eigenvalue weighted by molar-refractivity contribution is 5.88. The topological polar surface area (TPSA) is 106 Å². The Labute approximate surface area is 152 Å². The zero-order valence-electron chi connectivity index (χ0n) is 13.8. The van der Waals surface area contributed by atoms with Gasteiger partial charge in [0.05, 0.1) is 6.04 Å². The number of carbonyl (C=O) groups excluding carboxylic acids is 1. The standard InChI is InChI=1S/C17H17F3N4O3/c18-8-1-3-9(4-2-8)22-17(27)24-23-15-11(7-21-16(15)26)14-12(19)5-10(25)6-13(14)20/h1-6,11,15-16,21,23,25-26H,7H2,(H2,22,24,27)/t11-,15-,16+/m0/s1. The van der Waals surface area contributed by atoms with Crippen LogP contribution in [0.4, 0.5) is 23.7 Å². The smallest absolute Gasteiger partial charge is 0.333 e. The number of carbonyl (C=O) groups is 1. The molecule has 0 spiro atoms. The fourth-order valence-corrected chi connectivity index (χ4v) is 2.95. The quantitative estimate of drug-likeness (QED) is 0.450. The lowest BCUT2D eigenvalue weighted by Crippen LogP contribution is -2.52. The molecule has 1 saturated heterocycles. The number of hydrogen-bond acceptors (Lipinski definition) is 5. The van der Waals surface area contributed by atoms with E-state index in [0.29, 0.717) is 5.69 Å². The average Bonchev–Trinajstić information content (AvgIpc) is 2.95. The van der Waals surface area contributed by atoms with Crippen LogP contribution in [0.25, 0.3) is 0 Å². The number of urea groups is 1. The Kier molecular flexibility index (Phi) is 5.49. The third-order valence-corrected chi connectivity index (χ3v) is 4.21. The molecule has 1 fully saturated rings. The molecule has 144 valence electrons. The Morgan fingerprint density at radius 3 is 2.37 bits per heavy atom. The van der Waals surface area contributed by atoms with Gasteiger partial charge in [-0.1, -0.05) is 0 Å². The van der Waals surface area contributed by atoms with Gasteiger partial charge in [-0.15, -0.1) is 0 Å². The fourth-order valence-electron chi connectivity index (χ4n) is 2.95. The summed E-state index contributed by atoms with van der Waals surface area (Å²) >= 11 is 0. The highest BCUT2D eigenvalue weighted by Crippen LogP contribution is 2.31. The maximum Gasteiger partial charge on any atom is 0.333 e. The number of nitrogens with one attached hydrogen (secondary N) is 4. The number of phenolic OH excluding ortho intramolecular Hbond substituents is 1. The first kappa shape index (κ1) is 19.0. The van der Waals surface area contributed by atoms with Crippen LogP contribution in [0.15, 0.2) is 36.4 Å². The number of rotatable bonds is 4. The molecule has 2 aromatic rings. The van der Waals surface area contributed by atoms with Crippen molar-refractivity contribution in [2.45, 2.75) is 18.2 Å². The lowest BCUT2D eigenvalue weighted by molar-refractivity contribution is 0.120. The van der Waals surface area contributed by atoms with Crippen molar-refractivity contribution in [2.24, 2.45) is 0 Å². The number of phenols is 1. The van der Waals surface area contributed by atoms with Gasteiger partial charge in [0.15, 0.2) is 0 Å². The molecule has 0 saturated carbocycles. The number of hydrazine groups is 1. The third kappa shape index (κ3) is 4.30. The summed E-state index contributed by atoms with van der Waals surface area (Å²) in [6.07, 6.45) is -1.19. The first-order valence-electron chi connectivity index (χ1n) is 8.02. The highest BCUT2D eigenvalue weighted by atomic mass is 19.1. The van der Waals surface area contributed by atoms with Gasteiger partial charge < -0.3 is 15.5 Å². The lowest BCUT2D eigenvalue weighted by Gasteiger charge is -2.24. The summed E-state index contributed by atoms with van der Waals surface area (Å²) in [6, 6.07) is 4.92. The molecular weight excluding hydrogens is 365 g/mol. The van der Waals surface area contributed by atoms with Crippen molar-refractivity contribution < 1.29 is 28.2 Å². The molecule has 2 amide bonds. The molecule has 3 atom stereocenters. The van der Waals surface area contributed by atoms with Gasteiger partial charge in [0.1, 0.15) is 29.4 Å². The molecule has 3 rings (SSSR count). The van der Waals surface area contributed by atoms with Gasteiger partial charge in [-0.05, 0) is 24.3 Å². The van der Waals surface area contributed by atoms with Crippen molar-refractivity contribution in [3.8, 4) is 5.75 Å². The van der Waals surface area contributed by atoms with Crippen molar-refractivity contribution in [3.05, 3.63) is 59.4 Å². The minimum atomic E-state index is -1.19. The molecule has 0 radical (unpaired) electrons. The molecule has 6 N–H and O–H groups in total. The van der Waals surface area contributed by atoms with Gasteiger partial charge in [-0.3, -0.25) is 10.7 Å². The van der Waals surface area contributed by atoms with Crippen LogP contribution < -0.4 is 21.5 Å². The molecule has 0 aromatic heterocycles. The second kappa shape index (κ2) is 7.82. The molecular formula is C17H17F3N4O3. The van der Waals surface area contributed by atoms with E-state index in [1.807, 2.05) is 0 Å². The zero-order valence-corrected chi connectivity index (χ0v) is 13.8. The van der Waals surface area contributed by atoms with Crippen LogP contribution in [-0.4, -0.2) is 35.1 Å². The molecule has 0 aliphatic carbocycles. The molecule has 0 unspecified atom stereocenters. The maximum atomic E-state index is 14.1. The molecule has 10 heteroatoms. The van der Waals surface area contributed by atoms with E-state index in [1.165, 1.54) is 24.3 Å². The Bertz CT molecular complexity index is 812. The summed E-state index contributed by atoms with van der Waals surface area (Å²) in [6.45, 7) is 0.0404. The summed E-state index contributed by atoms with van der Waals surface area (Å²) in [4.78, 5) is 11.9. The van der Waals surface area contributed by atoms with Gasteiger partial charge in [0.25, 0.3) is 0 Å². The van der Waals surface area contributed by atoms with E-state index in [4.69, 9.17) is 0 Å². The number of amides is 2. The van der Waals surface area contributed by atoms with E-state index in [1.54, 1.807) is 0 Å². The molecule has 1 aliphatic heterocycles. The minimum absolute atomic E-state index is 0.0404. The summed E-state index contributed by atoms with van der Waals surface area (Å²) < 4.78 is 41.1. The largest absolute Gasteiger partial charge is 0.508 e. The van der Waals surface area contributed by atoms with E-state index < -0.39 is 47.4 Å². The van der Waals surface area contributed by atoms with Crippen LogP contribution in [-0.2, 0) is 0 Å². The predicted molar refractivity (Wildman–Crippen MR) is 90.3 cm³/mol. The Morgan fingerprint density at radius 1 is 1.11 bits per heavy atom. The minimum Gasteiger partial charge on any atom is -0.508 e. The summed E-state index contributed by atoms with van der Waals surface area (Å²) in [5, 5.41) is 24.4. The van der Waals surface area contributed by atoms with Crippen LogP contribution in [0.3, 0.4) is 0 Å². The molecule has 7 nitrogen and oxygen atoms in total. The van der Waals surface area contributed by atoms with Crippen molar-refractivity contribution >= 4 is 11.7 Å². The van der Waals surface area contributed by atoms with Crippen LogP contribution in [0.5, 0.6) is 5.75 Å². The monoisotopic (exact) mass is 382 g/mol. The molecule has 27 heavy (non-hydrogen) atoms. The third-order valence-electron chi connectivity index (χ3n) is 4.21. The fraction of sp³-hybridized carbons (Fsp3) is 0.235. The van der Waals surface area contributed by atoms with E-state index in [0.717, 1.165) is 12.1 Å². The van der Waals surface area contributed by atoms with Crippen molar-refractivity contribution in [3.63, 3.8) is 0 Å². The number of hydrogen-bond donors (Lipinski definition) is 6.